The highest BCUT2D eigenvalue weighted by atomic mass is 79.9. The van der Waals surface area contributed by atoms with Crippen LogP contribution in [0.25, 0.3) is 0 Å². The Morgan fingerprint density at radius 1 is 1.50 bits per heavy atom. The first kappa shape index (κ1) is 13.8. The predicted octanol–water partition coefficient (Wildman–Crippen LogP) is 2.31. The molecule has 1 aliphatic rings. The van der Waals surface area contributed by atoms with E-state index in [1.54, 1.807) is 0 Å². The molecule has 0 radical (unpaired) electrons. The molecule has 1 aromatic rings. The van der Waals surface area contributed by atoms with Crippen LogP contribution in [0, 0.1) is 6.92 Å². The molecule has 1 saturated heterocycles. The van der Waals surface area contributed by atoms with Gasteiger partial charge in [0.1, 0.15) is 0 Å². The van der Waals surface area contributed by atoms with Crippen LogP contribution in [0.5, 0.6) is 0 Å². The average molecular weight is 313 g/mol. The first-order valence-corrected chi connectivity index (χ1v) is 7.28. The second-order valence-corrected chi connectivity index (χ2v) is 5.92. The number of anilines is 1. The van der Waals surface area contributed by atoms with Crippen molar-refractivity contribution in [1.82, 2.24) is 5.32 Å². The van der Waals surface area contributed by atoms with Gasteiger partial charge in [0, 0.05) is 41.9 Å². The van der Waals surface area contributed by atoms with Crippen LogP contribution in [0.1, 0.15) is 18.9 Å². The van der Waals surface area contributed by atoms with Gasteiger partial charge in [-0.2, -0.15) is 0 Å². The van der Waals surface area contributed by atoms with Crippen molar-refractivity contribution in [3.05, 3.63) is 28.2 Å². The van der Waals surface area contributed by atoms with Gasteiger partial charge in [-0.15, -0.1) is 0 Å². The molecule has 2 unspecified atom stereocenters. The molecule has 0 saturated carbocycles. The van der Waals surface area contributed by atoms with E-state index in [-0.39, 0.29) is 6.61 Å². The topological polar surface area (TPSA) is 35.5 Å². The van der Waals surface area contributed by atoms with E-state index in [0.29, 0.717) is 12.1 Å². The van der Waals surface area contributed by atoms with Gasteiger partial charge in [-0.25, -0.2) is 0 Å². The Morgan fingerprint density at radius 3 is 2.94 bits per heavy atom. The number of nitrogens with zero attached hydrogens (tertiary/aromatic N) is 1. The van der Waals surface area contributed by atoms with Crippen molar-refractivity contribution >= 4 is 21.6 Å². The van der Waals surface area contributed by atoms with Crippen LogP contribution in [-0.4, -0.2) is 36.9 Å². The van der Waals surface area contributed by atoms with Crippen LogP contribution in [0.2, 0.25) is 0 Å². The van der Waals surface area contributed by atoms with Crippen LogP contribution < -0.4 is 10.2 Å². The zero-order valence-electron chi connectivity index (χ0n) is 11.0. The van der Waals surface area contributed by atoms with Crippen LogP contribution in [0.3, 0.4) is 0 Å². The van der Waals surface area contributed by atoms with Crippen molar-refractivity contribution < 1.29 is 5.11 Å². The molecule has 18 heavy (non-hydrogen) atoms. The third-order valence-electron chi connectivity index (χ3n) is 3.56. The summed E-state index contributed by atoms with van der Waals surface area (Å²) < 4.78 is 1.15. The van der Waals surface area contributed by atoms with Crippen LogP contribution >= 0.6 is 15.9 Å². The van der Waals surface area contributed by atoms with Crippen molar-refractivity contribution in [3.63, 3.8) is 0 Å². The van der Waals surface area contributed by atoms with Crippen LogP contribution in [0.15, 0.2) is 22.7 Å². The fraction of sp³-hybridized carbons (Fsp3) is 0.571. The number of benzene rings is 1. The maximum atomic E-state index is 9.18. The van der Waals surface area contributed by atoms with Gasteiger partial charge in [-0.05, 0) is 38.0 Å². The third kappa shape index (κ3) is 3.05. The number of aryl methyl sites for hydroxylation is 1. The molecule has 0 spiro atoms. The van der Waals surface area contributed by atoms with E-state index in [1.807, 2.05) is 0 Å². The molecule has 1 aliphatic heterocycles. The zero-order chi connectivity index (χ0) is 13.1. The smallest absolute Gasteiger partial charge is 0.0451 e. The van der Waals surface area contributed by atoms with E-state index in [2.05, 4.69) is 58.2 Å². The standard InChI is InChI=1S/C14H21BrN2O/c1-10-3-4-12(7-14(10)15)17-9-11(2)16-8-13(17)5-6-18/h3-4,7,11,13,16,18H,5-6,8-9H2,1-2H3. The Bertz CT molecular complexity index is 411. The van der Waals surface area contributed by atoms with E-state index in [0.717, 1.165) is 24.0 Å². The Morgan fingerprint density at radius 2 is 2.28 bits per heavy atom. The van der Waals surface area contributed by atoms with E-state index in [1.165, 1.54) is 11.3 Å². The molecular formula is C14H21BrN2O. The molecule has 0 aliphatic carbocycles. The number of aliphatic hydroxyl groups is 1. The van der Waals surface area contributed by atoms with E-state index in [4.69, 9.17) is 0 Å². The number of nitrogens with one attached hydrogen (secondary N) is 1. The molecule has 0 aromatic heterocycles. The van der Waals surface area contributed by atoms with Crippen molar-refractivity contribution in [3.8, 4) is 0 Å². The lowest BCUT2D eigenvalue weighted by Gasteiger charge is -2.41. The second kappa shape index (κ2) is 6.04. The maximum Gasteiger partial charge on any atom is 0.0451 e. The molecule has 4 heteroatoms. The molecular weight excluding hydrogens is 292 g/mol. The first-order chi connectivity index (χ1) is 8.61. The van der Waals surface area contributed by atoms with E-state index >= 15 is 0 Å². The van der Waals surface area contributed by atoms with Crippen molar-refractivity contribution in [2.75, 3.05) is 24.6 Å². The number of piperazine rings is 1. The predicted molar refractivity (Wildman–Crippen MR) is 79.2 cm³/mol. The fourth-order valence-electron chi connectivity index (χ4n) is 2.44. The van der Waals surface area contributed by atoms with E-state index in [9.17, 15) is 5.11 Å². The summed E-state index contributed by atoms with van der Waals surface area (Å²) in [5, 5.41) is 12.7. The molecule has 2 N–H and O–H groups in total. The summed E-state index contributed by atoms with van der Waals surface area (Å²) in [6.07, 6.45) is 0.811. The molecule has 1 heterocycles. The van der Waals surface area contributed by atoms with Gasteiger partial charge in [0.15, 0.2) is 0 Å². The summed E-state index contributed by atoms with van der Waals surface area (Å²) in [5.41, 5.74) is 2.49. The Kier molecular flexibility index (Phi) is 4.65. The highest BCUT2D eigenvalue weighted by molar-refractivity contribution is 9.10. The van der Waals surface area contributed by atoms with Crippen molar-refractivity contribution in [2.24, 2.45) is 0 Å². The van der Waals surface area contributed by atoms with Gasteiger partial charge in [0.2, 0.25) is 0 Å². The number of hydrogen-bond donors (Lipinski definition) is 2. The molecule has 0 bridgehead atoms. The number of aliphatic hydroxyl groups excluding tert-OH is 1. The Labute approximate surface area is 117 Å². The monoisotopic (exact) mass is 312 g/mol. The quantitative estimate of drug-likeness (QED) is 0.899. The lowest BCUT2D eigenvalue weighted by molar-refractivity contribution is 0.260. The minimum absolute atomic E-state index is 0.240. The molecule has 1 fully saturated rings. The number of halogens is 1. The molecule has 2 rings (SSSR count). The molecule has 1 aromatic carbocycles. The fourth-order valence-corrected chi connectivity index (χ4v) is 2.81. The van der Waals surface area contributed by atoms with Gasteiger partial charge in [0.25, 0.3) is 0 Å². The van der Waals surface area contributed by atoms with Crippen molar-refractivity contribution in [1.29, 1.82) is 0 Å². The van der Waals surface area contributed by atoms with Gasteiger partial charge in [0.05, 0.1) is 0 Å². The molecule has 0 amide bonds. The number of hydrogen-bond acceptors (Lipinski definition) is 3. The highest BCUT2D eigenvalue weighted by Gasteiger charge is 2.25. The largest absolute Gasteiger partial charge is 0.396 e. The Balaban J connectivity index is 2.23. The first-order valence-electron chi connectivity index (χ1n) is 6.49. The second-order valence-electron chi connectivity index (χ2n) is 5.06. The third-order valence-corrected chi connectivity index (χ3v) is 4.42. The van der Waals surface area contributed by atoms with Gasteiger partial charge >= 0.3 is 0 Å². The summed E-state index contributed by atoms with van der Waals surface area (Å²) >= 11 is 3.60. The van der Waals surface area contributed by atoms with E-state index < -0.39 is 0 Å². The summed E-state index contributed by atoms with van der Waals surface area (Å²) in [5.74, 6) is 0. The normalized spacial score (nSPS) is 24.3. The van der Waals surface area contributed by atoms with Gasteiger partial charge in [-0.1, -0.05) is 22.0 Å². The van der Waals surface area contributed by atoms with Crippen LogP contribution in [-0.2, 0) is 0 Å². The summed E-state index contributed by atoms with van der Waals surface area (Å²) in [7, 11) is 0. The molecule has 2 atom stereocenters. The van der Waals surface area contributed by atoms with Crippen LogP contribution in [0.4, 0.5) is 5.69 Å². The average Bonchev–Trinajstić information content (AvgIpc) is 2.35. The lowest BCUT2D eigenvalue weighted by atomic mass is 10.1. The highest BCUT2D eigenvalue weighted by Crippen LogP contribution is 2.27. The van der Waals surface area contributed by atoms with Gasteiger partial charge in [-0.3, -0.25) is 0 Å². The molecule has 3 nitrogen and oxygen atoms in total. The van der Waals surface area contributed by atoms with Gasteiger partial charge < -0.3 is 15.3 Å². The lowest BCUT2D eigenvalue weighted by Crippen LogP contribution is -2.56. The minimum atomic E-state index is 0.240. The Hall–Kier alpha value is -0.580. The molecule has 100 valence electrons. The SMILES string of the molecule is Cc1ccc(N2CC(C)NCC2CCO)cc1Br. The number of rotatable bonds is 3. The maximum absolute atomic E-state index is 9.18. The zero-order valence-corrected chi connectivity index (χ0v) is 12.6. The minimum Gasteiger partial charge on any atom is -0.396 e. The summed E-state index contributed by atoms with van der Waals surface area (Å²) in [4.78, 5) is 2.40. The van der Waals surface area contributed by atoms with Crippen molar-refractivity contribution in [2.45, 2.75) is 32.4 Å². The summed E-state index contributed by atoms with van der Waals surface area (Å²) in [6, 6.07) is 7.35. The summed E-state index contributed by atoms with van der Waals surface area (Å²) in [6.45, 7) is 6.46.